The maximum Gasteiger partial charge on any atom is 0.269 e. The molecule has 0 amide bonds. The van der Waals surface area contributed by atoms with Gasteiger partial charge in [0.1, 0.15) is 0 Å². The number of hydrogen-bond acceptors (Lipinski definition) is 5. The zero-order chi connectivity index (χ0) is 18.8. The quantitative estimate of drug-likeness (QED) is 0.528. The molecular formula is C19H29N3O2S. The number of nitro groups is 1. The lowest BCUT2D eigenvalue weighted by Gasteiger charge is -2.32. The summed E-state index contributed by atoms with van der Waals surface area (Å²) in [6.45, 7) is 13.8. The molecule has 1 aliphatic rings. The zero-order valence-corrected chi connectivity index (χ0v) is 16.9. The molecule has 138 valence electrons. The molecule has 2 rings (SSSR count). The number of nitro benzene ring substituents is 1. The van der Waals surface area contributed by atoms with Gasteiger partial charge in [0.25, 0.3) is 5.69 Å². The highest BCUT2D eigenvalue weighted by Gasteiger charge is 2.28. The van der Waals surface area contributed by atoms with Gasteiger partial charge in [-0.2, -0.15) is 0 Å². The first-order valence-corrected chi connectivity index (χ1v) is 9.78. The summed E-state index contributed by atoms with van der Waals surface area (Å²) in [6.07, 6.45) is 1.10. The third-order valence-electron chi connectivity index (χ3n) is 3.99. The summed E-state index contributed by atoms with van der Waals surface area (Å²) in [4.78, 5) is 17.9. The van der Waals surface area contributed by atoms with E-state index in [1.807, 2.05) is 13.0 Å². The van der Waals surface area contributed by atoms with E-state index in [1.165, 1.54) is 0 Å². The van der Waals surface area contributed by atoms with E-state index >= 15 is 0 Å². The molecule has 0 bridgehead atoms. The van der Waals surface area contributed by atoms with Crippen LogP contribution in [0.1, 0.15) is 46.6 Å². The number of rotatable bonds is 5. The standard InChI is InChI=1S/C19H29N3O2S/c1-13(2)9-15-11-25-18(20-15)21(12-19(4,5)6)17-8-7-16(22(23)24)10-14(17)3/h7-8,10,13,15H,9,11-12H2,1-6H3/t15-/m0/s1. The predicted molar refractivity (Wildman–Crippen MR) is 108 cm³/mol. The number of aliphatic imine (C=N–C) groups is 1. The summed E-state index contributed by atoms with van der Waals surface area (Å²) >= 11 is 1.80. The van der Waals surface area contributed by atoms with Crippen molar-refractivity contribution in [2.45, 2.75) is 54.0 Å². The van der Waals surface area contributed by atoms with Crippen molar-refractivity contribution in [3.05, 3.63) is 33.9 Å². The summed E-state index contributed by atoms with van der Waals surface area (Å²) in [5.74, 6) is 1.64. The largest absolute Gasteiger partial charge is 0.320 e. The van der Waals surface area contributed by atoms with E-state index in [4.69, 9.17) is 4.99 Å². The molecule has 0 radical (unpaired) electrons. The van der Waals surface area contributed by atoms with Crippen molar-refractivity contribution in [2.75, 3.05) is 17.2 Å². The summed E-state index contributed by atoms with van der Waals surface area (Å²) in [5, 5.41) is 12.1. The average molecular weight is 364 g/mol. The molecule has 5 nitrogen and oxygen atoms in total. The summed E-state index contributed by atoms with van der Waals surface area (Å²) in [5.41, 5.74) is 2.15. The van der Waals surface area contributed by atoms with Gasteiger partial charge >= 0.3 is 0 Å². The average Bonchev–Trinajstić information content (AvgIpc) is 2.91. The van der Waals surface area contributed by atoms with Crippen molar-refractivity contribution in [1.29, 1.82) is 0 Å². The van der Waals surface area contributed by atoms with Crippen LogP contribution >= 0.6 is 11.8 Å². The Hall–Kier alpha value is -1.56. The molecular weight excluding hydrogens is 334 g/mol. The lowest BCUT2D eigenvalue weighted by atomic mass is 9.95. The number of hydrogen-bond donors (Lipinski definition) is 0. The van der Waals surface area contributed by atoms with Crippen LogP contribution in [0.3, 0.4) is 0 Å². The van der Waals surface area contributed by atoms with Crippen molar-refractivity contribution in [3.8, 4) is 0 Å². The van der Waals surface area contributed by atoms with Gasteiger partial charge in [0, 0.05) is 30.1 Å². The molecule has 0 saturated carbocycles. The molecule has 1 atom stereocenters. The van der Waals surface area contributed by atoms with Gasteiger partial charge in [0.2, 0.25) is 0 Å². The molecule has 0 aliphatic carbocycles. The molecule has 6 heteroatoms. The van der Waals surface area contributed by atoms with Crippen molar-refractivity contribution in [2.24, 2.45) is 16.3 Å². The number of benzene rings is 1. The van der Waals surface area contributed by atoms with Crippen LogP contribution in [-0.2, 0) is 0 Å². The van der Waals surface area contributed by atoms with Gasteiger partial charge in [-0.15, -0.1) is 0 Å². The first kappa shape index (κ1) is 19.8. The number of thioether (sulfide) groups is 1. The molecule has 0 unspecified atom stereocenters. The molecule has 0 N–H and O–H groups in total. The Morgan fingerprint density at radius 2 is 2.08 bits per heavy atom. The lowest BCUT2D eigenvalue weighted by Crippen LogP contribution is -2.36. The number of aryl methyl sites for hydroxylation is 1. The van der Waals surface area contributed by atoms with Crippen molar-refractivity contribution in [1.82, 2.24) is 0 Å². The maximum atomic E-state index is 11.0. The van der Waals surface area contributed by atoms with Gasteiger partial charge in [0.15, 0.2) is 5.17 Å². The van der Waals surface area contributed by atoms with Crippen LogP contribution in [0.15, 0.2) is 23.2 Å². The molecule has 1 aromatic rings. The van der Waals surface area contributed by atoms with Gasteiger partial charge in [-0.05, 0) is 36.3 Å². The topological polar surface area (TPSA) is 58.7 Å². The number of anilines is 1. The monoisotopic (exact) mass is 363 g/mol. The molecule has 1 aromatic carbocycles. The molecule has 25 heavy (non-hydrogen) atoms. The molecule has 1 aliphatic heterocycles. The molecule has 0 aromatic heterocycles. The fourth-order valence-electron chi connectivity index (χ4n) is 3.00. The van der Waals surface area contributed by atoms with E-state index in [9.17, 15) is 10.1 Å². The first-order valence-electron chi connectivity index (χ1n) is 8.80. The van der Waals surface area contributed by atoms with Gasteiger partial charge in [-0.25, -0.2) is 0 Å². The number of amidine groups is 1. The van der Waals surface area contributed by atoms with Crippen LogP contribution in [0.2, 0.25) is 0 Å². The van der Waals surface area contributed by atoms with Crippen LogP contribution in [0.5, 0.6) is 0 Å². The SMILES string of the molecule is Cc1cc([N+](=O)[O-])ccc1N(CC(C)(C)C)C1=N[C@@H](CC(C)C)CS1. The third-order valence-corrected chi connectivity index (χ3v) is 5.12. The van der Waals surface area contributed by atoms with E-state index < -0.39 is 0 Å². The van der Waals surface area contributed by atoms with Gasteiger partial charge in [-0.3, -0.25) is 15.1 Å². The minimum atomic E-state index is -0.342. The maximum absolute atomic E-state index is 11.0. The highest BCUT2D eigenvalue weighted by atomic mass is 32.2. The second-order valence-electron chi connectivity index (χ2n) is 8.38. The second-order valence-corrected chi connectivity index (χ2v) is 9.37. The van der Waals surface area contributed by atoms with Crippen molar-refractivity contribution in [3.63, 3.8) is 0 Å². The summed E-state index contributed by atoms with van der Waals surface area (Å²) < 4.78 is 0. The minimum Gasteiger partial charge on any atom is -0.320 e. The van der Waals surface area contributed by atoms with E-state index in [0.29, 0.717) is 12.0 Å². The van der Waals surface area contributed by atoms with Crippen molar-refractivity contribution < 1.29 is 4.92 Å². The van der Waals surface area contributed by atoms with Gasteiger partial charge in [-0.1, -0.05) is 46.4 Å². The Morgan fingerprint density at radius 1 is 1.40 bits per heavy atom. The third kappa shape index (κ3) is 5.46. The van der Waals surface area contributed by atoms with Crippen LogP contribution in [0.25, 0.3) is 0 Å². The van der Waals surface area contributed by atoms with E-state index in [-0.39, 0.29) is 16.0 Å². The highest BCUT2D eigenvalue weighted by molar-refractivity contribution is 8.14. The van der Waals surface area contributed by atoms with E-state index in [2.05, 4.69) is 39.5 Å². The number of non-ortho nitro benzene ring substituents is 1. The Kier molecular flexibility index (Phi) is 6.14. The van der Waals surface area contributed by atoms with Gasteiger partial charge in [0.05, 0.1) is 11.0 Å². The predicted octanol–water partition coefficient (Wildman–Crippen LogP) is 5.27. The van der Waals surface area contributed by atoms with E-state index in [1.54, 1.807) is 23.9 Å². The fraction of sp³-hybridized carbons (Fsp3) is 0.632. The van der Waals surface area contributed by atoms with Crippen LogP contribution in [0.4, 0.5) is 11.4 Å². The van der Waals surface area contributed by atoms with Crippen LogP contribution in [-0.4, -0.2) is 28.4 Å². The van der Waals surface area contributed by atoms with E-state index in [0.717, 1.165) is 35.1 Å². The molecule has 0 saturated heterocycles. The van der Waals surface area contributed by atoms with Crippen LogP contribution < -0.4 is 4.90 Å². The first-order chi connectivity index (χ1) is 11.6. The van der Waals surface area contributed by atoms with Crippen LogP contribution in [0, 0.1) is 28.4 Å². The van der Waals surface area contributed by atoms with Gasteiger partial charge < -0.3 is 4.90 Å². The smallest absolute Gasteiger partial charge is 0.269 e. The molecule has 0 fully saturated rings. The zero-order valence-electron chi connectivity index (χ0n) is 16.1. The Labute approximate surface area is 155 Å². The molecule has 0 spiro atoms. The Balaban J connectivity index is 2.36. The second kappa shape index (κ2) is 7.77. The lowest BCUT2D eigenvalue weighted by molar-refractivity contribution is -0.384. The normalized spacial score (nSPS) is 17.7. The summed E-state index contributed by atoms with van der Waals surface area (Å²) in [7, 11) is 0. The number of nitrogens with zero attached hydrogens (tertiary/aromatic N) is 3. The molecule has 1 heterocycles. The Morgan fingerprint density at radius 3 is 2.60 bits per heavy atom. The fourth-order valence-corrected chi connectivity index (χ4v) is 4.09. The minimum absolute atomic E-state index is 0.0907. The van der Waals surface area contributed by atoms with Crippen molar-refractivity contribution >= 4 is 28.3 Å². The summed E-state index contributed by atoms with van der Waals surface area (Å²) in [6, 6.07) is 5.46. The highest BCUT2D eigenvalue weighted by Crippen LogP contribution is 2.33. The Bertz CT molecular complexity index is 665.